The number of hydrogen-bond donors (Lipinski definition) is 0. The summed E-state index contributed by atoms with van der Waals surface area (Å²) in [5, 5.41) is 0. The maximum Gasteiger partial charge on any atom is 0.279 e. The molecule has 8 heteroatoms. The van der Waals surface area contributed by atoms with E-state index in [0.717, 1.165) is 23.1 Å². The van der Waals surface area contributed by atoms with Gasteiger partial charge in [-0.1, -0.05) is 44.2 Å². The fourth-order valence-electron chi connectivity index (χ4n) is 4.55. The summed E-state index contributed by atoms with van der Waals surface area (Å²) in [7, 11) is -1.65. The van der Waals surface area contributed by atoms with Gasteiger partial charge in [-0.2, -0.15) is 9.30 Å². The molecule has 170 valence electrons. The minimum absolute atomic E-state index is 0.218. The first kappa shape index (κ1) is 22.9. The first-order valence-electron chi connectivity index (χ1n) is 11.0. The first-order valence-corrected chi connectivity index (χ1v) is 13.2. The molecule has 0 radical (unpaired) electrons. The van der Waals surface area contributed by atoms with Gasteiger partial charge in [0.2, 0.25) is 10.0 Å². The Kier molecular flexibility index (Phi) is 6.38. The number of sulfonamides is 1. The molecule has 2 atom stereocenters. The Morgan fingerprint density at radius 1 is 1.09 bits per heavy atom. The second-order valence-electron chi connectivity index (χ2n) is 8.77. The molecule has 32 heavy (non-hydrogen) atoms. The van der Waals surface area contributed by atoms with Crippen molar-refractivity contribution >= 4 is 37.5 Å². The second kappa shape index (κ2) is 8.92. The Morgan fingerprint density at radius 3 is 2.38 bits per heavy atom. The fraction of sp³-hybridized carbons (Fsp3) is 0.417. The molecule has 0 saturated carbocycles. The van der Waals surface area contributed by atoms with E-state index < -0.39 is 10.0 Å². The number of carbonyl (C=O) groups excluding carboxylic acids is 1. The summed E-state index contributed by atoms with van der Waals surface area (Å²) in [5.41, 5.74) is 2.68. The van der Waals surface area contributed by atoms with Crippen molar-refractivity contribution in [2.75, 3.05) is 13.1 Å². The van der Waals surface area contributed by atoms with Gasteiger partial charge in [-0.3, -0.25) is 4.79 Å². The number of para-hydroxylation sites is 1. The Balaban J connectivity index is 1.62. The summed E-state index contributed by atoms with van der Waals surface area (Å²) in [6, 6.07) is 12.3. The van der Waals surface area contributed by atoms with Gasteiger partial charge in [-0.15, -0.1) is 0 Å². The molecule has 4 rings (SSSR count). The first-order chi connectivity index (χ1) is 15.2. The molecule has 2 unspecified atom stereocenters. The zero-order valence-electron chi connectivity index (χ0n) is 18.9. The van der Waals surface area contributed by atoms with Crippen LogP contribution in [-0.2, 0) is 23.5 Å². The molecular weight excluding hydrogens is 442 g/mol. The smallest absolute Gasteiger partial charge is 0.279 e. The molecule has 0 N–H and O–H groups in total. The summed E-state index contributed by atoms with van der Waals surface area (Å²) < 4.78 is 30.7. The van der Waals surface area contributed by atoms with Crippen LogP contribution in [0, 0.1) is 11.8 Å². The highest BCUT2D eigenvalue weighted by Crippen LogP contribution is 2.27. The van der Waals surface area contributed by atoms with E-state index in [1.54, 1.807) is 16.4 Å². The number of amides is 1. The van der Waals surface area contributed by atoms with Gasteiger partial charge in [0.05, 0.1) is 15.1 Å². The molecule has 2 heterocycles. The van der Waals surface area contributed by atoms with E-state index in [1.165, 1.54) is 29.0 Å². The average Bonchev–Trinajstić information content (AvgIpc) is 3.08. The highest BCUT2D eigenvalue weighted by atomic mass is 32.2. The van der Waals surface area contributed by atoms with E-state index in [2.05, 4.69) is 31.8 Å². The summed E-state index contributed by atoms with van der Waals surface area (Å²) in [4.78, 5) is 18.0. The van der Waals surface area contributed by atoms with E-state index >= 15 is 0 Å². The topological polar surface area (TPSA) is 71.7 Å². The summed E-state index contributed by atoms with van der Waals surface area (Å²) in [6.45, 7) is 7.34. The van der Waals surface area contributed by atoms with E-state index in [9.17, 15) is 13.2 Å². The van der Waals surface area contributed by atoms with E-state index in [1.807, 2.05) is 23.7 Å². The van der Waals surface area contributed by atoms with E-state index in [0.29, 0.717) is 35.3 Å². The van der Waals surface area contributed by atoms with Gasteiger partial charge in [0.1, 0.15) is 0 Å². The Bertz CT molecular complexity index is 1310. The average molecular weight is 472 g/mol. The number of aryl methyl sites for hydroxylation is 2. The predicted octanol–water partition coefficient (Wildman–Crippen LogP) is 4.21. The van der Waals surface area contributed by atoms with Crippen LogP contribution in [0.25, 0.3) is 10.2 Å². The highest BCUT2D eigenvalue weighted by Gasteiger charge is 2.31. The normalized spacial score (nSPS) is 20.7. The molecule has 1 amide bonds. The van der Waals surface area contributed by atoms with Crippen LogP contribution in [0.1, 0.15) is 43.1 Å². The van der Waals surface area contributed by atoms with Crippen molar-refractivity contribution in [1.82, 2.24) is 8.87 Å². The Morgan fingerprint density at radius 2 is 1.75 bits per heavy atom. The number of thiazole rings is 1. The van der Waals surface area contributed by atoms with Crippen LogP contribution < -0.4 is 4.80 Å². The number of nitrogens with zero attached hydrogens (tertiary/aromatic N) is 3. The number of aromatic nitrogens is 1. The maximum atomic E-state index is 13.1. The van der Waals surface area contributed by atoms with Gasteiger partial charge in [0.25, 0.3) is 5.91 Å². The third-order valence-corrected chi connectivity index (χ3v) is 9.00. The molecule has 1 aliphatic heterocycles. The van der Waals surface area contributed by atoms with Gasteiger partial charge in [0.15, 0.2) is 4.80 Å². The van der Waals surface area contributed by atoms with Crippen LogP contribution in [0.5, 0.6) is 0 Å². The number of carbonyl (C=O) groups is 1. The van der Waals surface area contributed by atoms with Gasteiger partial charge in [-0.05, 0) is 60.6 Å². The zero-order chi connectivity index (χ0) is 23.0. The summed E-state index contributed by atoms with van der Waals surface area (Å²) in [6.07, 6.45) is 1.94. The van der Waals surface area contributed by atoms with Crippen molar-refractivity contribution in [3.8, 4) is 0 Å². The van der Waals surface area contributed by atoms with Gasteiger partial charge < -0.3 is 4.57 Å². The van der Waals surface area contributed by atoms with E-state index in [4.69, 9.17) is 0 Å². The Hall–Kier alpha value is -2.29. The molecule has 3 aromatic rings. The van der Waals surface area contributed by atoms with Crippen LogP contribution in [0.4, 0.5) is 0 Å². The van der Waals surface area contributed by atoms with Crippen molar-refractivity contribution in [3.63, 3.8) is 0 Å². The van der Waals surface area contributed by atoms with Crippen molar-refractivity contribution in [1.29, 1.82) is 0 Å². The molecular formula is C24H29N3O3S2. The molecule has 0 aliphatic carbocycles. The third-order valence-electron chi connectivity index (χ3n) is 6.06. The van der Waals surface area contributed by atoms with Crippen molar-refractivity contribution < 1.29 is 13.2 Å². The summed E-state index contributed by atoms with van der Waals surface area (Å²) >= 11 is 1.48. The van der Waals surface area contributed by atoms with Crippen LogP contribution in [0.2, 0.25) is 0 Å². The minimum Gasteiger partial charge on any atom is -0.319 e. The van der Waals surface area contributed by atoms with Gasteiger partial charge in [-0.25, -0.2) is 8.42 Å². The van der Waals surface area contributed by atoms with Gasteiger partial charge >= 0.3 is 0 Å². The molecule has 0 spiro atoms. The number of fused-ring (bicyclic) bond motifs is 1. The second-order valence-corrected chi connectivity index (χ2v) is 11.7. The van der Waals surface area contributed by atoms with E-state index in [-0.39, 0.29) is 10.8 Å². The lowest BCUT2D eigenvalue weighted by Crippen LogP contribution is -2.42. The minimum atomic E-state index is -3.57. The molecule has 1 aromatic heterocycles. The number of hydrogen-bond acceptors (Lipinski definition) is 4. The van der Waals surface area contributed by atoms with Crippen LogP contribution in [-0.4, -0.2) is 36.3 Å². The monoisotopic (exact) mass is 471 g/mol. The van der Waals surface area contributed by atoms with Crippen molar-refractivity contribution in [2.45, 2.75) is 38.5 Å². The Labute approximate surface area is 193 Å². The molecule has 1 aliphatic rings. The lowest BCUT2D eigenvalue weighted by Gasteiger charge is -2.34. The SMILES string of the molecule is CCc1cccc2sc(=NC(=O)c3ccc(S(=O)(=O)N4CC(C)CC(C)C4)cc3)n(C)c12. The molecule has 0 bridgehead atoms. The lowest BCUT2D eigenvalue weighted by atomic mass is 9.94. The lowest BCUT2D eigenvalue weighted by molar-refractivity contribution is 0.0998. The largest absolute Gasteiger partial charge is 0.319 e. The maximum absolute atomic E-state index is 13.1. The van der Waals surface area contributed by atoms with Crippen molar-refractivity contribution in [3.05, 3.63) is 58.4 Å². The predicted molar refractivity (Wildman–Crippen MR) is 128 cm³/mol. The van der Waals surface area contributed by atoms with Crippen LogP contribution in [0.3, 0.4) is 0 Å². The van der Waals surface area contributed by atoms with Gasteiger partial charge in [0, 0.05) is 25.7 Å². The fourth-order valence-corrected chi connectivity index (χ4v) is 7.29. The van der Waals surface area contributed by atoms with Crippen molar-refractivity contribution in [2.24, 2.45) is 23.9 Å². The summed E-state index contributed by atoms with van der Waals surface area (Å²) in [5.74, 6) is 0.293. The molecule has 1 saturated heterocycles. The van der Waals surface area contributed by atoms with Crippen LogP contribution in [0.15, 0.2) is 52.4 Å². The highest BCUT2D eigenvalue weighted by molar-refractivity contribution is 7.89. The third kappa shape index (κ3) is 4.31. The number of benzene rings is 2. The standard InChI is InChI=1S/C24H29N3O3S2/c1-5-18-7-6-8-21-22(18)26(4)24(31-21)25-23(28)19-9-11-20(12-10-19)32(29,30)27-14-16(2)13-17(3)15-27/h6-12,16-17H,5,13-15H2,1-4H3. The molecule has 2 aromatic carbocycles. The number of rotatable bonds is 4. The zero-order valence-corrected chi connectivity index (χ0v) is 20.5. The number of piperidine rings is 1. The molecule has 1 fully saturated rings. The quantitative estimate of drug-likeness (QED) is 0.572. The van der Waals surface area contributed by atoms with Crippen LogP contribution >= 0.6 is 11.3 Å². The molecule has 6 nitrogen and oxygen atoms in total.